The summed E-state index contributed by atoms with van der Waals surface area (Å²) in [6.07, 6.45) is 0. The van der Waals surface area contributed by atoms with E-state index in [1.165, 1.54) is 0 Å². The van der Waals surface area contributed by atoms with Crippen molar-refractivity contribution in [1.29, 1.82) is 5.26 Å². The van der Waals surface area contributed by atoms with Gasteiger partial charge in [0, 0.05) is 11.1 Å². The van der Waals surface area contributed by atoms with E-state index in [1.807, 2.05) is 30.3 Å². The number of nitrogens with zero attached hydrogens (tertiary/aromatic N) is 1. The fraction of sp³-hybridized carbons (Fsp3) is 0.214. The van der Waals surface area contributed by atoms with Crippen LogP contribution in [-0.4, -0.2) is 0 Å². The highest BCUT2D eigenvalue weighted by atomic mass is 35.5. The molecule has 0 saturated carbocycles. The molecule has 1 atom stereocenters. The second-order valence-electron chi connectivity index (χ2n) is 4.04. The van der Waals surface area contributed by atoms with Crippen LogP contribution in [0.25, 0.3) is 0 Å². The maximum Gasteiger partial charge on any atom is 0.203 e. The highest BCUT2D eigenvalue weighted by Crippen LogP contribution is 2.18. The van der Waals surface area contributed by atoms with Gasteiger partial charge in [-0.1, -0.05) is 23.7 Å². The lowest BCUT2D eigenvalue weighted by molar-refractivity contribution is 0.453. The molecule has 1 aromatic heterocycles. The third-order valence-electron chi connectivity index (χ3n) is 2.70. The van der Waals surface area contributed by atoms with E-state index in [2.05, 4.69) is 12.2 Å². The quantitative estimate of drug-likeness (QED) is 0.913. The van der Waals surface area contributed by atoms with Crippen molar-refractivity contribution in [3.8, 4) is 6.07 Å². The van der Waals surface area contributed by atoms with Gasteiger partial charge in [0.1, 0.15) is 11.8 Å². The van der Waals surface area contributed by atoms with Gasteiger partial charge in [-0.2, -0.15) is 5.26 Å². The van der Waals surface area contributed by atoms with E-state index >= 15 is 0 Å². The van der Waals surface area contributed by atoms with Crippen molar-refractivity contribution in [3.63, 3.8) is 0 Å². The summed E-state index contributed by atoms with van der Waals surface area (Å²) in [7, 11) is 0. The Morgan fingerprint density at radius 1 is 1.39 bits per heavy atom. The smallest absolute Gasteiger partial charge is 0.203 e. The van der Waals surface area contributed by atoms with Crippen molar-refractivity contribution >= 4 is 11.6 Å². The summed E-state index contributed by atoms with van der Waals surface area (Å²) in [5, 5.41) is 12.7. The molecular formula is C14H13ClN2O. The van der Waals surface area contributed by atoms with Crippen LogP contribution in [0.3, 0.4) is 0 Å². The monoisotopic (exact) mass is 260 g/mol. The van der Waals surface area contributed by atoms with Crippen molar-refractivity contribution in [2.24, 2.45) is 0 Å². The summed E-state index contributed by atoms with van der Waals surface area (Å²) in [6, 6.07) is 13.3. The number of halogens is 1. The van der Waals surface area contributed by atoms with Gasteiger partial charge in [0.05, 0.1) is 6.54 Å². The summed E-state index contributed by atoms with van der Waals surface area (Å²) >= 11 is 5.95. The summed E-state index contributed by atoms with van der Waals surface area (Å²) in [5.74, 6) is 1.09. The third kappa shape index (κ3) is 3.13. The minimum atomic E-state index is 0.166. The molecular weight excluding hydrogens is 248 g/mol. The first kappa shape index (κ1) is 12.7. The zero-order chi connectivity index (χ0) is 13.0. The Morgan fingerprint density at radius 3 is 2.89 bits per heavy atom. The molecule has 1 heterocycles. The number of nitriles is 1. The molecule has 92 valence electrons. The summed E-state index contributed by atoms with van der Waals surface area (Å²) < 4.78 is 5.29. The number of furan rings is 1. The van der Waals surface area contributed by atoms with E-state index < -0.39 is 0 Å². The topological polar surface area (TPSA) is 49.0 Å². The van der Waals surface area contributed by atoms with E-state index in [4.69, 9.17) is 21.3 Å². The first-order valence-electron chi connectivity index (χ1n) is 5.66. The van der Waals surface area contributed by atoms with Gasteiger partial charge in [0.25, 0.3) is 0 Å². The van der Waals surface area contributed by atoms with Gasteiger partial charge in [0.2, 0.25) is 5.76 Å². The van der Waals surface area contributed by atoms with Crippen molar-refractivity contribution < 1.29 is 4.42 Å². The first-order valence-corrected chi connectivity index (χ1v) is 6.04. The molecule has 18 heavy (non-hydrogen) atoms. The van der Waals surface area contributed by atoms with Crippen molar-refractivity contribution in [3.05, 3.63) is 58.5 Å². The number of rotatable bonds is 4. The van der Waals surface area contributed by atoms with Gasteiger partial charge in [-0.3, -0.25) is 0 Å². The van der Waals surface area contributed by atoms with Crippen molar-refractivity contribution in [2.75, 3.05) is 0 Å². The second kappa shape index (κ2) is 5.72. The summed E-state index contributed by atoms with van der Waals surface area (Å²) in [6.45, 7) is 2.63. The normalized spacial score (nSPS) is 12.1. The predicted molar refractivity (Wildman–Crippen MR) is 70.1 cm³/mol. The van der Waals surface area contributed by atoms with Crippen LogP contribution in [0.5, 0.6) is 0 Å². The molecule has 0 fully saturated rings. The van der Waals surface area contributed by atoms with E-state index in [1.54, 1.807) is 12.1 Å². The van der Waals surface area contributed by atoms with Crippen LogP contribution < -0.4 is 5.32 Å². The van der Waals surface area contributed by atoms with Gasteiger partial charge >= 0.3 is 0 Å². The molecule has 2 aromatic rings. The van der Waals surface area contributed by atoms with E-state index in [9.17, 15) is 0 Å². The fourth-order valence-corrected chi connectivity index (χ4v) is 1.88. The standard InChI is InChI=1S/C14H13ClN2O/c1-10(11-3-2-4-12(15)7-11)17-9-14-6-5-13(8-16)18-14/h2-7,10,17H,9H2,1H3. The van der Waals surface area contributed by atoms with Crippen LogP contribution in [-0.2, 0) is 6.54 Å². The average Bonchev–Trinajstić information content (AvgIpc) is 2.84. The molecule has 1 N–H and O–H groups in total. The molecule has 0 radical (unpaired) electrons. The van der Waals surface area contributed by atoms with Crippen LogP contribution in [0, 0.1) is 11.3 Å². The Labute approximate surface area is 111 Å². The Morgan fingerprint density at radius 2 is 2.22 bits per heavy atom. The molecule has 3 nitrogen and oxygen atoms in total. The average molecular weight is 261 g/mol. The lowest BCUT2D eigenvalue weighted by Crippen LogP contribution is -2.17. The molecule has 1 unspecified atom stereocenters. The van der Waals surface area contributed by atoms with Gasteiger partial charge in [-0.15, -0.1) is 0 Å². The van der Waals surface area contributed by atoms with Crippen LogP contribution >= 0.6 is 11.6 Å². The highest BCUT2D eigenvalue weighted by Gasteiger charge is 2.07. The van der Waals surface area contributed by atoms with Crippen LogP contribution in [0.15, 0.2) is 40.8 Å². The molecule has 0 aliphatic carbocycles. The highest BCUT2D eigenvalue weighted by molar-refractivity contribution is 6.30. The lowest BCUT2D eigenvalue weighted by Gasteiger charge is -2.13. The Bertz CT molecular complexity index is 571. The SMILES string of the molecule is CC(NCc1ccc(C#N)o1)c1cccc(Cl)c1. The van der Waals surface area contributed by atoms with Crippen LogP contribution in [0.4, 0.5) is 0 Å². The summed E-state index contributed by atoms with van der Waals surface area (Å²) in [5.41, 5.74) is 1.12. The molecule has 0 aliphatic rings. The molecule has 0 bridgehead atoms. The number of nitrogens with one attached hydrogen (secondary N) is 1. The summed E-state index contributed by atoms with van der Waals surface area (Å²) in [4.78, 5) is 0. The number of hydrogen-bond donors (Lipinski definition) is 1. The van der Waals surface area contributed by atoms with Crippen molar-refractivity contribution in [1.82, 2.24) is 5.32 Å². The maximum absolute atomic E-state index is 8.66. The van der Waals surface area contributed by atoms with Gasteiger partial charge in [0.15, 0.2) is 0 Å². The molecule has 2 rings (SSSR count). The van der Waals surface area contributed by atoms with Crippen LogP contribution in [0.2, 0.25) is 5.02 Å². The van der Waals surface area contributed by atoms with E-state index in [0.717, 1.165) is 16.3 Å². The molecule has 0 aliphatic heterocycles. The number of benzene rings is 1. The fourth-order valence-electron chi connectivity index (χ4n) is 1.68. The zero-order valence-corrected chi connectivity index (χ0v) is 10.7. The van der Waals surface area contributed by atoms with Gasteiger partial charge in [-0.25, -0.2) is 0 Å². The van der Waals surface area contributed by atoms with Gasteiger partial charge in [-0.05, 0) is 36.8 Å². The first-order chi connectivity index (χ1) is 8.69. The van der Waals surface area contributed by atoms with Crippen molar-refractivity contribution in [2.45, 2.75) is 19.5 Å². The molecule has 1 aromatic carbocycles. The molecule has 0 amide bonds. The largest absolute Gasteiger partial charge is 0.449 e. The molecule has 0 saturated heterocycles. The Kier molecular flexibility index (Phi) is 4.03. The molecule has 0 spiro atoms. The van der Waals surface area contributed by atoms with E-state index in [-0.39, 0.29) is 6.04 Å². The number of hydrogen-bond acceptors (Lipinski definition) is 3. The predicted octanol–water partition coefficient (Wildman–Crippen LogP) is 3.66. The minimum Gasteiger partial charge on any atom is -0.449 e. The third-order valence-corrected chi connectivity index (χ3v) is 2.94. The second-order valence-corrected chi connectivity index (χ2v) is 4.47. The minimum absolute atomic E-state index is 0.166. The zero-order valence-electron chi connectivity index (χ0n) is 9.98. The van der Waals surface area contributed by atoms with E-state index in [0.29, 0.717) is 12.3 Å². The lowest BCUT2D eigenvalue weighted by atomic mass is 10.1. The van der Waals surface area contributed by atoms with Gasteiger partial charge < -0.3 is 9.73 Å². The maximum atomic E-state index is 8.66. The Balaban J connectivity index is 1.96. The Hall–Kier alpha value is -1.76. The van der Waals surface area contributed by atoms with Crippen LogP contribution in [0.1, 0.15) is 30.0 Å². The molecule has 4 heteroatoms.